The quantitative estimate of drug-likeness (QED) is 0.308. The number of anilines is 1. The molecule has 35 heavy (non-hydrogen) atoms. The number of nitrogens with zero attached hydrogens (tertiary/aromatic N) is 3. The molecule has 1 N–H and O–H groups in total. The van der Waals surface area contributed by atoms with Crippen LogP contribution in [-0.2, 0) is 6.54 Å². The van der Waals surface area contributed by atoms with Crippen LogP contribution in [0.1, 0.15) is 27.2 Å². The van der Waals surface area contributed by atoms with Gasteiger partial charge in [-0.25, -0.2) is 0 Å². The topological polar surface area (TPSA) is 59.8 Å². The maximum Gasteiger partial charge on any atom is 0.256 e. The van der Waals surface area contributed by atoms with Crippen molar-refractivity contribution in [2.24, 2.45) is 0 Å². The van der Waals surface area contributed by atoms with Crippen molar-refractivity contribution in [2.45, 2.75) is 6.54 Å². The first-order valence-corrected chi connectivity index (χ1v) is 11.4. The molecule has 0 saturated carbocycles. The molecule has 0 radical (unpaired) electrons. The number of pyridine rings is 1. The molecule has 2 aromatic heterocycles. The van der Waals surface area contributed by atoms with E-state index in [1.165, 1.54) is 0 Å². The number of carbonyl (C=O) groups excluding carboxylic acids is 1. The van der Waals surface area contributed by atoms with Crippen molar-refractivity contribution in [3.63, 3.8) is 0 Å². The van der Waals surface area contributed by atoms with E-state index in [0.717, 1.165) is 33.6 Å². The van der Waals surface area contributed by atoms with E-state index in [1.54, 1.807) is 12.4 Å². The first-order chi connectivity index (χ1) is 17.2. The zero-order chi connectivity index (χ0) is 23.9. The fourth-order valence-electron chi connectivity index (χ4n) is 3.88. The zero-order valence-electron chi connectivity index (χ0n) is 19.1. The highest BCUT2D eigenvalue weighted by atomic mass is 16.1. The number of carbonyl (C=O) groups is 1. The van der Waals surface area contributed by atoms with E-state index in [-0.39, 0.29) is 5.91 Å². The summed E-state index contributed by atoms with van der Waals surface area (Å²) in [6.07, 6.45) is 9.41. The molecule has 0 spiro atoms. The molecule has 1 amide bonds. The number of aromatic nitrogens is 3. The van der Waals surface area contributed by atoms with Gasteiger partial charge in [-0.15, -0.1) is 0 Å². The molecule has 0 aliphatic rings. The first kappa shape index (κ1) is 22.0. The molecule has 0 fully saturated rings. The summed E-state index contributed by atoms with van der Waals surface area (Å²) in [6.45, 7) is 0.709. The zero-order valence-corrected chi connectivity index (χ0v) is 19.1. The average Bonchev–Trinajstić information content (AvgIpc) is 3.42. The molecular formula is C30H24N4O. The van der Waals surface area contributed by atoms with Gasteiger partial charge in [0.15, 0.2) is 0 Å². The van der Waals surface area contributed by atoms with Crippen molar-refractivity contribution in [1.29, 1.82) is 0 Å². The van der Waals surface area contributed by atoms with Gasteiger partial charge in [-0.2, -0.15) is 5.10 Å². The van der Waals surface area contributed by atoms with Gasteiger partial charge >= 0.3 is 0 Å². The van der Waals surface area contributed by atoms with Crippen LogP contribution >= 0.6 is 0 Å². The van der Waals surface area contributed by atoms with Crippen molar-refractivity contribution in [2.75, 3.05) is 5.32 Å². The minimum atomic E-state index is -0.146. The Bertz CT molecular complexity index is 1440. The number of benzene rings is 3. The lowest BCUT2D eigenvalue weighted by Gasteiger charge is -2.12. The van der Waals surface area contributed by atoms with Crippen LogP contribution < -0.4 is 5.32 Å². The molecule has 5 heteroatoms. The summed E-state index contributed by atoms with van der Waals surface area (Å²) in [6, 6.07) is 31.4. The lowest BCUT2D eigenvalue weighted by molar-refractivity contribution is 0.102. The van der Waals surface area contributed by atoms with Crippen LogP contribution in [0.15, 0.2) is 116 Å². The maximum atomic E-state index is 13.2. The van der Waals surface area contributed by atoms with E-state index in [9.17, 15) is 4.79 Å². The molecular weight excluding hydrogens is 432 g/mol. The summed E-state index contributed by atoms with van der Waals surface area (Å²) in [5.74, 6) is -0.146. The van der Waals surface area contributed by atoms with E-state index >= 15 is 0 Å². The number of rotatable bonds is 7. The van der Waals surface area contributed by atoms with Gasteiger partial charge in [-0.3, -0.25) is 14.5 Å². The Kier molecular flexibility index (Phi) is 6.58. The SMILES string of the molecule is O=C(Nc1cccc(/C=C/c2ccccn2)c1)c1ccccc1-c1ccc(Cn2cccn2)cc1. The van der Waals surface area contributed by atoms with E-state index in [4.69, 9.17) is 0 Å². The lowest BCUT2D eigenvalue weighted by atomic mass is 9.98. The third-order valence-corrected chi connectivity index (χ3v) is 5.62. The predicted molar refractivity (Wildman–Crippen MR) is 141 cm³/mol. The summed E-state index contributed by atoms with van der Waals surface area (Å²) in [5, 5.41) is 7.31. The van der Waals surface area contributed by atoms with Gasteiger partial charge in [0, 0.05) is 29.8 Å². The molecule has 2 heterocycles. The Morgan fingerprint density at radius 1 is 0.829 bits per heavy atom. The molecule has 0 unspecified atom stereocenters. The van der Waals surface area contributed by atoms with E-state index in [0.29, 0.717) is 12.1 Å². The first-order valence-electron chi connectivity index (χ1n) is 11.4. The van der Waals surface area contributed by atoms with Crippen molar-refractivity contribution in [3.8, 4) is 11.1 Å². The van der Waals surface area contributed by atoms with Crippen molar-refractivity contribution < 1.29 is 4.79 Å². The molecule has 170 valence electrons. The third-order valence-electron chi connectivity index (χ3n) is 5.62. The molecule has 5 rings (SSSR count). The standard InChI is InChI=1S/C30H24N4O/c35-30(33-27-9-5-7-23(21-27)14-17-26-8-3-4-18-31-26)29-11-2-1-10-28(29)25-15-12-24(13-16-25)22-34-20-6-19-32-34/h1-21H,22H2,(H,33,35)/b17-14+. The normalized spacial score (nSPS) is 11.0. The van der Waals surface area contributed by atoms with Crippen LogP contribution in [0.25, 0.3) is 23.3 Å². The van der Waals surface area contributed by atoms with Gasteiger partial charge < -0.3 is 5.32 Å². The molecule has 0 aliphatic heterocycles. The van der Waals surface area contributed by atoms with Crippen LogP contribution in [0.4, 0.5) is 5.69 Å². The Morgan fingerprint density at radius 3 is 2.49 bits per heavy atom. The molecule has 0 bridgehead atoms. The Morgan fingerprint density at radius 2 is 1.69 bits per heavy atom. The number of amides is 1. The molecule has 5 aromatic rings. The smallest absolute Gasteiger partial charge is 0.256 e. The van der Waals surface area contributed by atoms with E-state index in [1.807, 2.05) is 108 Å². The van der Waals surface area contributed by atoms with Crippen molar-refractivity contribution in [1.82, 2.24) is 14.8 Å². The molecule has 0 aliphatic carbocycles. The van der Waals surface area contributed by atoms with Gasteiger partial charge in [-0.1, -0.05) is 66.7 Å². The Balaban J connectivity index is 1.32. The van der Waals surface area contributed by atoms with E-state index in [2.05, 4.69) is 27.5 Å². The van der Waals surface area contributed by atoms with Crippen LogP contribution in [0.5, 0.6) is 0 Å². The van der Waals surface area contributed by atoms with Crippen LogP contribution in [0.3, 0.4) is 0 Å². The van der Waals surface area contributed by atoms with Crippen LogP contribution in [0.2, 0.25) is 0 Å². The Hall–Kier alpha value is -4.77. The highest BCUT2D eigenvalue weighted by Gasteiger charge is 2.13. The second-order valence-electron chi connectivity index (χ2n) is 8.11. The van der Waals surface area contributed by atoms with Gasteiger partial charge in [0.2, 0.25) is 0 Å². The third kappa shape index (κ3) is 5.60. The monoisotopic (exact) mass is 456 g/mol. The lowest BCUT2D eigenvalue weighted by Crippen LogP contribution is -2.13. The summed E-state index contributed by atoms with van der Waals surface area (Å²) in [5.41, 5.74) is 6.26. The minimum Gasteiger partial charge on any atom is -0.322 e. The summed E-state index contributed by atoms with van der Waals surface area (Å²) in [7, 11) is 0. The summed E-state index contributed by atoms with van der Waals surface area (Å²) >= 11 is 0. The number of nitrogens with one attached hydrogen (secondary N) is 1. The van der Waals surface area contributed by atoms with Crippen LogP contribution in [0, 0.1) is 0 Å². The minimum absolute atomic E-state index is 0.146. The second kappa shape index (κ2) is 10.4. The maximum absolute atomic E-state index is 13.2. The Labute approximate surface area is 204 Å². The van der Waals surface area contributed by atoms with Gasteiger partial charge in [0.25, 0.3) is 5.91 Å². The molecule has 5 nitrogen and oxygen atoms in total. The number of hydrogen-bond acceptors (Lipinski definition) is 3. The van der Waals surface area contributed by atoms with Crippen molar-refractivity contribution >= 4 is 23.7 Å². The highest BCUT2D eigenvalue weighted by Crippen LogP contribution is 2.25. The van der Waals surface area contributed by atoms with Gasteiger partial charge in [0.1, 0.15) is 0 Å². The highest BCUT2D eigenvalue weighted by molar-refractivity contribution is 6.08. The van der Waals surface area contributed by atoms with Gasteiger partial charge in [0.05, 0.1) is 12.2 Å². The van der Waals surface area contributed by atoms with Crippen LogP contribution in [-0.4, -0.2) is 20.7 Å². The van der Waals surface area contributed by atoms with Crippen molar-refractivity contribution in [3.05, 3.63) is 138 Å². The fraction of sp³-hybridized carbons (Fsp3) is 0.0333. The van der Waals surface area contributed by atoms with E-state index < -0.39 is 0 Å². The molecule has 0 saturated heterocycles. The fourth-order valence-corrected chi connectivity index (χ4v) is 3.88. The average molecular weight is 457 g/mol. The van der Waals surface area contributed by atoms with Gasteiger partial charge in [-0.05, 0) is 64.7 Å². The second-order valence-corrected chi connectivity index (χ2v) is 8.11. The number of hydrogen-bond donors (Lipinski definition) is 1. The largest absolute Gasteiger partial charge is 0.322 e. The molecule has 3 aromatic carbocycles. The predicted octanol–water partition coefficient (Wildman–Crippen LogP) is 6.42. The summed E-state index contributed by atoms with van der Waals surface area (Å²) < 4.78 is 1.88. The molecule has 0 atom stereocenters. The summed E-state index contributed by atoms with van der Waals surface area (Å²) in [4.78, 5) is 17.5.